The van der Waals surface area contributed by atoms with E-state index in [1.54, 1.807) is 0 Å². The van der Waals surface area contributed by atoms with E-state index in [1.807, 2.05) is 0 Å². The Morgan fingerprint density at radius 1 is 1.30 bits per heavy atom. The molecule has 1 aromatic carbocycles. The van der Waals surface area contributed by atoms with Crippen LogP contribution in [-0.2, 0) is 6.54 Å². The molecule has 1 amide bonds. The molecule has 0 atom stereocenters. The smallest absolute Gasteiger partial charge is 0.338 e. The van der Waals surface area contributed by atoms with Crippen LogP contribution >= 0.6 is 0 Å². The van der Waals surface area contributed by atoms with Gasteiger partial charge in [0.1, 0.15) is 17.8 Å². The molecule has 2 rings (SSSR count). The van der Waals surface area contributed by atoms with Crippen molar-refractivity contribution in [3.05, 3.63) is 53.2 Å². The van der Waals surface area contributed by atoms with E-state index in [-0.39, 0.29) is 23.4 Å². The van der Waals surface area contributed by atoms with Gasteiger partial charge in [-0.1, -0.05) is 0 Å². The Labute approximate surface area is 113 Å². The number of amides is 1. The number of carbonyl (C=O) groups excluding carboxylic acids is 1. The number of rotatable bonds is 5. The lowest BCUT2D eigenvalue weighted by molar-refractivity contribution is 0.0696. The number of hydrogen-bond acceptors (Lipinski definition) is 4. The summed E-state index contributed by atoms with van der Waals surface area (Å²) in [7, 11) is 0. The summed E-state index contributed by atoms with van der Waals surface area (Å²) < 4.78 is 18.5. The monoisotopic (exact) mass is 278 g/mol. The highest BCUT2D eigenvalue weighted by Gasteiger charge is 2.10. The van der Waals surface area contributed by atoms with E-state index >= 15 is 0 Å². The van der Waals surface area contributed by atoms with E-state index in [0.29, 0.717) is 5.76 Å². The molecule has 0 saturated heterocycles. The van der Waals surface area contributed by atoms with Crippen LogP contribution < -0.4 is 11.1 Å². The highest BCUT2D eigenvalue weighted by Crippen LogP contribution is 2.18. The first kappa shape index (κ1) is 13.6. The number of primary amides is 1. The predicted molar refractivity (Wildman–Crippen MR) is 67.9 cm³/mol. The van der Waals surface area contributed by atoms with Crippen molar-refractivity contribution in [2.75, 3.05) is 5.32 Å². The summed E-state index contributed by atoms with van der Waals surface area (Å²) in [5, 5.41) is 11.4. The Hall–Kier alpha value is -2.83. The van der Waals surface area contributed by atoms with Crippen LogP contribution in [0.2, 0.25) is 0 Å². The fourth-order valence-electron chi connectivity index (χ4n) is 1.58. The Morgan fingerprint density at radius 2 is 2.05 bits per heavy atom. The number of carboxylic acids is 1. The van der Waals surface area contributed by atoms with E-state index < -0.39 is 17.7 Å². The molecule has 4 N–H and O–H groups in total. The minimum Gasteiger partial charge on any atom is -0.478 e. The van der Waals surface area contributed by atoms with E-state index in [2.05, 4.69) is 5.32 Å². The lowest BCUT2D eigenvalue weighted by Crippen LogP contribution is -2.12. The van der Waals surface area contributed by atoms with Gasteiger partial charge in [-0.3, -0.25) is 4.79 Å². The van der Waals surface area contributed by atoms with Crippen molar-refractivity contribution in [1.82, 2.24) is 0 Å². The molecule has 0 aliphatic carbocycles. The molecule has 0 saturated carbocycles. The topological polar surface area (TPSA) is 106 Å². The highest BCUT2D eigenvalue weighted by molar-refractivity contribution is 5.93. The Kier molecular flexibility index (Phi) is 3.69. The third-order valence-electron chi connectivity index (χ3n) is 2.60. The van der Waals surface area contributed by atoms with Crippen LogP contribution in [0.4, 0.5) is 10.1 Å². The Morgan fingerprint density at radius 3 is 2.65 bits per heavy atom. The molecule has 0 fully saturated rings. The van der Waals surface area contributed by atoms with Gasteiger partial charge in [-0.25, -0.2) is 9.18 Å². The van der Waals surface area contributed by atoms with Crippen LogP contribution in [-0.4, -0.2) is 17.0 Å². The summed E-state index contributed by atoms with van der Waals surface area (Å²) in [6.07, 6.45) is 1.09. The van der Waals surface area contributed by atoms with Gasteiger partial charge >= 0.3 is 5.97 Å². The molecule has 1 aromatic heterocycles. The summed E-state index contributed by atoms with van der Waals surface area (Å²) >= 11 is 0. The van der Waals surface area contributed by atoms with Gasteiger partial charge in [0.2, 0.25) is 5.91 Å². The SMILES string of the molecule is NC(=O)c1ccc(F)c(NCc2cc(C(=O)O)co2)c1. The molecule has 2 aromatic rings. The normalized spacial score (nSPS) is 10.2. The number of carbonyl (C=O) groups is 2. The summed E-state index contributed by atoms with van der Waals surface area (Å²) in [6, 6.07) is 5.00. The third-order valence-corrected chi connectivity index (χ3v) is 2.60. The zero-order valence-electron chi connectivity index (χ0n) is 10.2. The maximum atomic E-state index is 13.5. The molecular formula is C13H11FN2O4. The number of benzene rings is 1. The molecular weight excluding hydrogens is 267 g/mol. The molecule has 7 heteroatoms. The molecule has 0 unspecified atom stereocenters. The second-order valence-corrected chi connectivity index (χ2v) is 4.02. The lowest BCUT2D eigenvalue weighted by atomic mass is 10.2. The van der Waals surface area contributed by atoms with Crippen molar-refractivity contribution in [3.63, 3.8) is 0 Å². The number of halogens is 1. The number of carboxylic acid groups (broad SMARTS) is 1. The zero-order valence-corrected chi connectivity index (χ0v) is 10.2. The van der Waals surface area contributed by atoms with Crippen molar-refractivity contribution >= 4 is 17.6 Å². The number of anilines is 1. The Balaban J connectivity index is 2.11. The van der Waals surface area contributed by atoms with E-state index in [1.165, 1.54) is 18.2 Å². The van der Waals surface area contributed by atoms with Crippen molar-refractivity contribution in [1.29, 1.82) is 0 Å². The maximum Gasteiger partial charge on any atom is 0.338 e. The highest BCUT2D eigenvalue weighted by atomic mass is 19.1. The van der Waals surface area contributed by atoms with E-state index in [4.69, 9.17) is 15.3 Å². The van der Waals surface area contributed by atoms with Crippen LogP contribution in [0.25, 0.3) is 0 Å². The number of nitrogens with one attached hydrogen (secondary N) is 1. The quantitative estimate of drug-likeness (QED) is 0.773. The predicted octanol–water partition coefficient (Wildman–Crippen LogP) is 1.83. The molecule has 0 spiro atoms. The summed E-state index contributed by atoms with van der Waals surface area (Å²) in [5.41, 5.74) is 5.36. The van der Waals surface area contributed by atoms with Crippen LogP contribution in [0.5, 0.6) is 0 Å². The third kappa shape index (κ3) is 2.94. The zero-order chi connectivity index (χ0) is 14.7. The number of nitrogens with two attached hydrogens (primary N) is 1. The van der Waals surface area contributed by atoms with E-state index in [0.717, 1.165) is 12.3 Å². The summed E-state index contributed by atoms with van der Waals surface area (Å²) in [4.78, 5) is 21.7. The first-order valence-corrected chi connectivity index (χ1v) is 5.61. The number of hydrogen-bond donors (Lipinski definition) is 3. The maximum absolute atomic E-state index is 13.5. The van der Waals surface area contributed by atoms with Crippen LogP contribution in [0.3, 0.4) is 0 Å². The second-order valence-electron chi connectivity index (χ2n) is 4.02. The summed E-state index contributed by atoms with van der Waals surface area (Å²) in [6.45, 7) is 0.0758. The number of aromatic carboxylic acids is 1. The van der Waals surface area contributed by atoms with Gasteiger partial charge in [-0.15, -0.1) is 0 Å². The minimum absolute atomic E-state index is 0.00755. The van der Waals surface area contributed by atoms with Gasteiger partial charge < -0.3 is 20.6 Å². The van der Waals surface area contributed by atoms with Crippen LogP contribution in [0.15, 0.2) is 34.9 Å². The first-order valence-electron chi connectivity index (χ1n) is 5.61. The van der Waals surface area contributed by atoms with Gasteiger partial charge in [0, 0.05) is 5.56 Å². The van der Waals surface area contributed by atoms with Crippen LogP contribution in [0.1, 0.15) is 26.5 Å². The lowest BCUT2D eigenvalue weighted by Gasteiger charge is -2.07. The average Bonchev–Trinajstić information content (AvgIpc) is 2.86. The number of furan rings is 1. The molecule has 0 aliphatic heterocycles. The van der Waals surface area contributed by atoms with Crippen molar-refractivity contribution < 1.29 is 23.5 Å². The van der Waals surface area contributed by atoms with Crippen molar-refractivity contribution in [3.8, 4) is 0 Å². The molecule has 20 heavy (non-hydrogen) atoms. The molecule has 0 radical (unpaired) electrons. The molecule has 0 aliphatic rings. The molecule has 6 nitrogen and oxygen atoms in total. The fraction of sp³-hybridized carbons (Fsp3) is 0.0769. The van der Waals surface area contributed by atoms with Gasteiger partial charge in [0.15, 0.2) is 0 Å². The van der Waals surface area contributed by atoms with Crippen molar-refractivity contribution in [2.24, 2.45) is 5.73 Å². The Bertz CT molecular complexity index is 666. The molecule has 104 valence electrons. The van der Waals surface area contributed by atoms with E-state index in [9.17, 15) is 14.0 Å². The summed E-state index contributed by atoms with van der Waals surface area (Å²) in [5.74, 6) is -2.01. The van der Waals surface area contributed by atoms with Gasteiger partial charge in [-0.2, -0.15) is 0 Å². The van der Waals surface area contributed by atoms with Gasteiger partial charge in [-0.05, 0) is 24.3 Å². The molecule has 1 heterocycles. The standard InChI is InChI=1S/C13H11FN2O4/c14-10-2-1-7(12(15)17)4-11(10)16-5-9-3-8(6-20-9)13(18)19/h1-4,6,16H,5H2,(H2,15,17)(H,18,19). The minimum atomic E-state index is -1.11. The second kappa shape index (κ2) is 5.43. The largest absolute Gasteiger partial charge is 0.478 e. The van der Waals surface area contributed by atoms with Gasteiger partial charge in [0.25, 0.3) is 0 Å². The fourth-order valence-corrected chi connectivity index (χ4v) is 1.58. The molecule has 0 bridgehead atoms. The van der Waals surface area contributed by atoms with Crippen molar-refractivity contribution in [2.45, 2.75) is 6.54 Å². The van der Waals surface area contributed by atoms with Gasteiger partial charge in [0.05, 0.1) is 17.8 Å². The van der Waals surface area contributed by atoms with Crippen LogP contribution in [0, 0.1) is 5.82 Å². The average molecular weight is 278 g/mol. The first-order chi connectivity index (χ1) is 9.47.